The maximum atomic E-state index is 12.8. The fraction of sp³-hybridized carbons (Fsp3) is 0.333. The van der Waals surface area contributed by atoms with E-state index < -0.39 is 24.6 Å². The second kappa shape index (κ2) is 4.95. The fourth-order valence-electron chi connectivity index (χ4n) is 0.849. The van der Waals surface area contributed by atoms with Gasteiger partial charge in [0.2, 0.25) is 5.88 Å². The van der Waals surface area contributed by atoms with Crippen molar-refractivity contribution in [1.82, 2.24) is 4.98 Å². The summed E-state index contributed by atoms with van der Waals surface area (Å²) in [6.07, 6.45) is -11.4. The lowest BCUT2D eigenvalue weighted by molar-refractivity contribution is -0.246. The summed E-state index contributed by atoms with van der Waals surface area (Å²) >= 11 is 0. The monoisotopic (exact) mass is 252 g/mol. The minimum absolute atomic E-state index is 0.0614. The lowest BCUT2D eigenvalue weighted by atomic mass is 10.3. The fourth-order valence-corrected chi connectivity index (χ4v) is 0.849. The number of aromatic nitrogens is 1. The van der Waals surface area contributed by atoms with Crippen molar-refractivity contribution in [1.29, 1.82) is 5.26 Å². The number of hydrogen-bond donors (Lipinski definition) is 0. The normalized spacial score (nSPS) is 13.2. The van der Waals surface area contributed by atoms with Crippen LogP contribution < -0.4 is 4.74 Å². The molecule has 0 amide bonds. The molecule has 0 fully saturated rings. The molecule has 17 heavy (non-hydrogen) atoms. The predicted octanol–water partition coefficient (Wildman–Crippen LogP) is 2.53. The van der Waals surface area contributed by atoms with E-state index in [9.17, 15) is 22.0 Å². The molecule has 0 radical (unpaired) electrons. The zero-order chi connectivity index (χ0) is 13.1. The number of nitrogens with zero attached hydrogens (tertiary/aromatic N) is 2. The van der Waals surface area contributed by atoms with Crippen LogP contribution in [0.5, 0.6) is 5.88 Å². The van der Waals surface area contributed by atoms with Crippen molar-refractivity contribution in [3.63, 3.8) is 0 Å². The van der Waals surface area contributed by atoms with Gasteiger partial charge in [0.25, 0.3) is 12.6 Å². The molecule has 0 aliphatic heterocycles. The third kappa shape index (κ3) is 3.27. The van der Waals surface area contributed by atoms with Gasteiger partial charge in [-0.25, -0.2) is 18.2 Å². The van der Waals surface area contributed by atoms with Crippen LogP contribution in [0.3, 0.4) is 0 Å². The van der Waals surface area contributed by atoms with Gasteiger partial charge in [0.05, 0.1) is 5.56 Å². The predicted molar refractivity (Wildman–Crippen MR) is 45.4 cm³/mol. The highest BCUT2D eigenvalue weighted by molar-refractivity contribution is 5.28. The molecule has 0 N–H and O–H groups in total. The molecule has 3 nitrogen and oxygen atoms in total. The Hall–Kier alpha value is -1.91. The van der Waals surface area contributed by atoms with Gasteiger partial charge in [-0.2, -0.15) is 14.0 Å². The van der Waals surface area contributed by atoms with Crippen LogP contribution in [-0.2, 0) is 0 Å². The smallest absolute Gasteiger partial charge is 0.412 e. The molecule has 0 aliphatic carbocycles. The van der Waals surface area contributed by atoms with Gasteiger partial charge in [-0.1, -0.05) is 0 Å². The summed E-state index contributed by atoms with van der Waals surface area (Å²) in [6.45, 7) is 0. The van der Waals surface area contributed by atoms with E-state index in [1.54, 1.807) is 6.07 Å². The highest BCUT2D eigenvalue weighted by Crippen LogP contribution is 2.28. The average molecular weight is 252 g/mol. The summed E-state index contributed by atoms with van der Waals surface area (Å²) < 4.78 is 65.1. The standard InChI is InChI=1S/C9H5F5N2O/c10-7(8(11)12)9(13,14)17-6-2-1-5(3-15)4-16-6/h1-2,4,7-8H. The van der Waals surface area contributed by atoms with E-state index in [4.69, 9.17) is 5.26 Å². The summed E-state index contributed by atoms with van der Waals surface area (Å²) in [6, 6.07) is 3.59. The Morgan fingerprint density at radius 2 is 1.94 bits per heavy atom. The van der Waals surface area contributed by atoms with Crippen molar-refractivity contribution in [3.8, 4) is 11.9 Å². The largest absolute Gasteiger partial charge is 0.436 e. The molecule has 1 heterocycles. The van der Waals surface area contributed by atoms with E-state index in [1.807, 2.05) is 0 Å². The van der Waals surface area contributed by atoms with Crippen molar-refractivity contribution >= 4 is 0 Å². The Morgan fingerprint density at radius 3 is 2.35 bits per heavy atom. The summed E-state index contributed by atoms with van der Waals surface area (Å²) in [7, 11) is 0. The molecule has 1 aromatic heterocycles. The minimum atomic E-state index is -4.69. The highest BCUT2D eigenvalue weighted by Gasteiger charge is 2.49. The number of ether oxygens (including phenoxy) is 1. The second-order valence-corrected chi connectivity index (χ2v) is 2.90. The molecule has 1 aromatic rings. The Morgan fingerprint density at radius 1 is 1.29 bits per heavy atom. The molecule has 0 saturated carbocycles. The molecule has 1 rings (SSSR count). The molecule has 0 bridgehead atoms. The first-order chi connectivity index (χ1) is 7.86. The van der Waals surface area contributed by atoms with Crippen molar-refractivity contribution in [2.24, 2.45) is 0 Å². The molecule has 92 valence electrons. The van der Waals surface area contributed by atoms with Gasteiger partial charge < -0.3 is 4.74 Å². The maximum Gasteiger partial charge on any atom is 0.436 e. The average Bonchev–Trinajstić information content (AvgIpc) is 2.28. The van der Waals surface area contributed by atoms with E-state index >= 15 is 0 Å². The summed E-state index contributed by atoms with van der Waals surface area (Å²) in [5.74, 6) is -0.753. The van der Waals surface area contributed by atoms with Crippen LogP contribution in [0.15, 0.2) is 18.3 Å². The Balaban J connectivity index is 2.79. The maximum absolute atomic E-state index is 12.8. The van der Waals surface area contributed by atoms with Crippen molar-refractivity contribution in [2.75, 3.05) is 0 Å². The molecule has 0 saturated heterocycles. The van der Waals surface area contributed by atoms with Gasteiger partial charge in [-0.15, -0.1) is 0 Å². The van der Waals surface area contributed by atoms with E-state index in [1.165, 1.54) is 0 Å². The zero-order valence-corrected chi connectivity index (χ0v) is 8.08. The number of rotatable bonds is 4. The van der Waals surface area contributed by atoms with E-state index in [2.05, 4.69) is 9.72 Å². The molecule has 1 unspecified atom stereocenters. The number of alkyl halides is 5. The van der Waals surface area contributed by atoms with E-state index in [-0.39, 0.29) is 5.56 Å². The summed E-state index contributed by atoms with van der Waals surface area (Å²) in [5, 5.41) is 8.38. The van der Waals surface area contributed by atoms with Crippen molar-refractivity contribution < 1.29 is 26.7 Å². The molecular formula is C9H5F5N2O. The third-order valence-electron chi connectivity index (χ3n) is 1.65. The quantitative estimate of drug-likeness (QED) is 0.773. The van der Waals surface area contributed by atoms with Gasteiger partial charge in [0.15, 0.2) is 0 Å². The number of halogens is 5. The van der Waals surface area contributed by atoms with Crippen molar-refractivity contribution in [2.45, 2.75) is 18.7 Å². The van der Waals surface area contributed by atoms with Crippen LogP contribution in [0, 0.1) is 11.3 Å². The lowest BCUT2D eigenvalue weighted by Gasteiger charge is -2.20. The molecule has 0 spiro atoms. The Kier molecular flexibility index (Phi) is 3.83. The van der Waals surface area contributed by atoms with Gasteiger partial charge in [-0.3, -0.25) is 0 Å². The van der Waals surface area contributed by atoms with Crippen LogP contribution in [0.1, 0.15) is 5.56 Å². The molecular weight excluding hydrogens is 247 g/mol. The first-order valence-electron chi connectivity index (χ1n) is 4.22. The second-order valence-electron chi connectivity index (χ2n) is 2.90. The Bertz CT molecular complexity index is 414. The van der Waals surface area contributed by atoms with Gasteiger partial charge >= 0.3 is 6.11 Å². The van der Waals surface area contributed by atoms with Gasteiger partial charge in [0, 0.05) is 12.3 Å². The molecule has 1 atom stereocenters. The van der Waals surface area contributed by atoms with Crippen LogP contribution in [-0.4, -0.2) is 23.7 Å². The SMILES string of the molecule is N#Cc1ccc(OC(F)(F)C(F)C(F)F)nc1. The topological polar surface area (TPSA) is 45.9 Å². The minimum Gasteiger partial charge on any atom is -0.412 e. The first-order valence-corrected chi connectivity index (χ1v) is 4.22. The Labute approximate surface area is 92.4 Å². The van der Waals surface area contributed by atoms with Gasteiger partial charge in [-0.05, 0) is 6.07 Å². The van der Waals surface area contributed by atoms with Crippen LogP contribution >= 0.6 is 0 Å². The summed E-state index contributed by atoms with van der Waals surface area (Å²) in [4.78, 5) is 3.24. The number of pyridine rings is 1. The van der Waals surface area contributed by atoms with Gasteiger partial charge in [0.1, 0.15) is 6.07 Å². The molecule has 0 aromatic carbocycles. The molecule has 8 heteroatoms. The molecule has 0 aliphatic rings. The summed E-state index contributed by atoms with van der Waals surface area (Å²) in [5.41, 5.74) is 0.0614. The number of hydrogen-bond acceptors (Lipinski definition) is 3. The van der Waals surface area contributed by atoms with Crippen LogP contribution in [0.25, 0.3) is 0 Å². The highest BCUT2D eigenvalue weighted by atomic mass is 19.3. The van der Waals surface area contributed by atoms with E-state index in [0.29, 0.717) is 0 Å². The third-order valence-corrected chi connectivity index (χ3v) is 1.65. The van der Waals surface area contributed by atoms with Crippen molar-refractivity contribution in [3.05, 3.63) is 23.9 Å². The number of nitriles is 1. The van der Waals surface area contributed by atoms with Crippen LogP contribution in [0.2, 0.25) is 0 Å². The first kappa shape index (κ1) is 13.2. The lowest BCUT2D eigenvalue weighted by Crippen LogP contribution is -2.41. The van der Waals surface area contributed by atoms with E-state index in [0.717, 1.165) is 18.3 Å². The van der Waals surface area contributed by atoms with Crippen LogP contribution in [0.4, 0.5) is 22.0 Å². The zero-order valence-electron chi connectivity index (χ0n) is 8.08.